The van der Waals surface area contributed by atoms with Gasteiger partial charge in [-0.25, -0.2) is 9.59 Å². The Morgan fingerprint density at radius 2 is 0.950 bits per heavy atom. The highest BCUT2D eigenvalue weighted by atomic mass is 16.6. The lowest BCUT2D eigenvalue weighted by molar-refractivity contribution is -0.215. The van der Waals surface area contributed by atoms with Crippen LogP contribution in [0.5, 0.6) is 0 Å². The zero-order valence-corrected chi connectivity index (χ0v) is 23.1. The van der Waals surface area contributed by atoms with Crippen molar-refractivity contribution in [3.63, 3.8) is 0 Å². The first-order valence-electron chi connectivity index (χ1n) is 13.6. The molecular weight excluding hydrogens is 500 g/mol. The average molecular weight is 533 g/mol. The monoisotopic (exact) mass is 532 g/mol. The van der Waals surface area contributed by atoms with Gasteiger partial charge in [0, 0.05) is 0 Å². The Balaban J connectivity index is 1.61. The molecule has 0 amide bonds. The minimum atomic E-state index is -1.23. The van der Waals surface area contributed by atoms with Crippen molar-refractivity contribution in [2.75, 3.05) is 0 Å². The highest BCUT2D eigenvalue weighted by Gasteiger charge is 2.69. The van der Waals surface area contributed by atoms with Gasteiger partial charge in [-0.15, -0.1) is 0 Å². The molecule has 0 spiro atoms. The lowest BCUT2D eigenvalue weighted by Gasteiger charge is -2.61. The molecule has 0 aliphatic heterocycles. The summed E-state index contributed by atoms with van der Waals surface area (Å²) in [6.07, 6.45) is -1.85. The molecule has 7 rings (SSSR count). The molecule has 4 aromatic rings. The molecule has 0 saturated carbocycles. The number of hydrogen-bond donors (Lipinski definition) is 0. The molecule has 0 aromatic heterocycles. The zero-order chi connectivity index (χ0) is 28.1. The maximum Gasteiger partial charge on any atom is 0.338 e. The summed E-state index contributed by atoms with van der Waals surface area (Å²) in [5.74, 6) is -0.990. The first-order valence-corrected chi connectivity index (χ1v) is 13.6. The van der Waals surface area contributed by atoms with E-state index in [2.05, 4.69) is 19.1 Å². The summed E-state index contributed by atoms with van der Waals surface area (Å²) in [4.78, 5) is 27.4. The Bertz CT molecular complexity index is 1520. The van der Waals surface area contributed by atoms with Crippen molar-refractivity contribution in [3.8, 4) is 0 Å². The van der Waals surface area contributed by atoms with Crippen LogP contribution in [0, 0.1) is 0 Å². The van der Waals surface area contributed by atoms with Crippen LogP contribution in [0.25, 0.3) is 0 Å². The molecule has 0 heterocycles. The zero-order valence-electron chi connectivity index (χ0n) is 23.1. The molecule has 0 saturated heterocycles. The summed E-state index contributed by atoms with van der Waals surface area (Å²) in [5.41, 5.74) is 1.93. The van der Waals surface area contributed by atoms with Crippen LogP contribution >= 0.6 is 0 Å². The Kier molecular flexibility index (Phi) is 6.15. The van der Waals surface area contributed by atoms with E-state index in [4.69, 9.17) is 14.2 Å². The third-order valence-corrected chi connectivity index (χ3v) is 7.97. The second kappa shape index (κ2) is 9.46. The summed E-state index contributed by atoms with van der Waals surface area (Å²) in [6, 6.07) is 33.9. The van der Waals surface area contributed by atoms with Crippen molar-refractivity contribution in [2.45, 2.75) is 56.5 Å². The predicted molar refractivity (Wildman–Crippen MR) is 152 cm³/mol. The fraction of sp³-hybridized carbons (Fsp3) is 0.257. The largest absolute Gasteiger partial charge is 0.453 e. The molecule has 3 aliphatic rings. The van der Waals surface area contributed by atoms with Crippen LogP contribution in [0.4, 0.5) is 0 Å². The average Bonchev–Trinajstić information content (AvgIpc) is 2.96. The maximum absolute atomic E-state index is 13.7. The second-order valence-electron chi connectivity index (χ2n) is 11.6. The summed E-state index contributed by atoms with van der Waals surface area (Å²) < 4.78 is 19.9. The normalized spacial score (nSPS) is 24.5. The molecule has 0 fully saturated rings. The number of rotatable bonds is 5. The molecule has 40 heavy (non-hydrogen) atoms. The molecule has 2 bridgehead atoms. The predicted octanol–water partition coefficient (Wildman–Crippen LogP) is 6.83. The molecule has 5 heteroatoms. The van der Waals surface area contributed by atoms with Gasteiger partial charge in [0.2, 0.25) is 0 Å². The number of hydrogen-bond acceptors (Lipinski definition) is 5. The van der Waals surface area contributed by atoms with Gasteiger partial charge >= 0.3 is 11.9 Å². The Hall–Kier alpha value is -4.22. The Morgan fingerprint density at radius 3 is 1.38 bits per heavy atom. The van der Waals surface area contributed by atoms with Gasteiger partial charge in [-0.1, -0.05) is 84.9 Å². The molecule has 0 radical (unpaired) electrons. The third-order valence-electron chi connectivity index (χ3n) is 7.97. The van der Waals surface area contributed by atoms with E-state index in [-0.39, 0.29) is 0 Å². The quantitative estimate of drug-likeness (QED) is 0.264. The van der Waals surface area contributed by atoms with E-state index in [1.807, 2.05) is 69.3 Å². The summed E-state index contributed by atoms with van der Waals surface area (Å²) >= 11 is 0. The molecular formula is C35H32O5. The molecule has 0 N–H and O–H groups in total. The standard InChI is InChI=1S/C35H32O5/c1-33(2,3)40-35-27-21-13-11-19-25(27)34(4,26-20-12-14-22-28(26)35)29(38-31(36)23-15-7-5-8-16-23)30(35)39-32(37)24-17-9-6-10-18-24/h5-22,29-30H,1-4H3/t29?,30?,34-,35-. The van der Waals surface area contributed by atoms with Crippen LogP contribution in [0.3, 0.4) is 0 Å². The minimum Gasteiger partial charge on any atom is -0.453 e. The summed E-state index contributed by atoms with van der Waals surface area (Å²) in [7, 11) is 0. The number of esters is 2. The highest BCUT2D eigenvalue weighted by molar-refractivity contribution is 5.91. The fourth-order valence-electron chi connectivity index (χ4n) is 6.43. The first-order chi connectivity index (χ1) is 19.2. The molecule has 2 unspecified atom stereocenters. The number of ether oxygens (including phenoxy) is 3. The van der Waals surface area contributed by atoms with E-state index in [1.54, 1.807) is 48.5 Å². The van der Waals surface area contributed by atoms with E-state index in [1.165, 1.54) is 0 Å². The van der Waals surface area contributed by atoms with Gasteiger partial charge in [-0.05, 0) is 74.2 Å². The highest BCUT2D eigenvalue weighted by Crippen LogP contribution is 2.62. The molecule has 5 nitrogen and oxygen atoms in total. The molecule has 4 aromatic carbocycles. The van der Waals surface area contributed by atoms with Gasteiger partial charge in [0.15, 0.2) is 17.8 Å². The van der Waals surface area contributed by atoms with E-state index in [0.717, 1.165) is 22.3 Å². The van der Waals surface area contributed by atoms with E-state index in [0.29, 0.717) is 11.1 Å². The van der Waals surface area contributed by atoms with Crippen molar-refractivity contribution in [2.24, 2.45) is 0 Å². The van der Waals surface area contributed by atoms with Crippen LogP contribution in [0.15, 0.2) is 109 Å². The lowest BCUT2D eigenvalue weighted by atomic mass is 9.51. The minimum absolute atomic E-state index is 0.412. The van der Waals surface area contributed by atoms with Gasteiger partial charge in [-0.3, -0.25) is 0 Å². The van der Waals surface area contributed by atoms with Crippen molar-refractivity contribution < 1.29 is 23.8 Å². The lowest BCUT2D eigenvalue weighted by Crippen LogP contribution is -2.69. The molecule has 202 valence electrons. The van der Waals surface area contributed by atoms with Crippen molar-refractivity contribution in [1.29, 1.82) is 0 Å². The Morgan fingerprint density at radius 1 is 0.575 bits per heavy atom. The number of fused-ring (bicyclic) bond motifs is 1. The van der Waals surface area contributed by atoms with Crippen LogP contribution < -0.4 is 0 Å². The van der Waals surface area contributed by atoms with E-state index in [9.17, 15) is 9.59 Å². The van der Waals surface area contributed by atoms with Gasteiger partial charge < -0.3 is 14.2 Å². The van der Waals surface area contributed by atoms with E-state index >= 15 is 0 Å². The molecule has 3 aliphatic carbocycles. The van der Waals surface area contributed by atoms with Crippen molar-refractivity contribution in [3.05, 3.63) is 143 Å². The second-order valence-corrected chi connectivity index (χ2v) is 11.6. The summed E-state index contributed by atoms with van der Waals surface area (Å²) in [5, 5.41) is 0. The van der Waals surface area contributed by atoms with Crippen LogP contribution in [0.1, 0.15) is 70.7 Å². The maximum atomic E-state index is 13.7. The van der Waals surface area contributed by atoms with E-state index < -0.39 is 40.8 Å². The summed E-state index contributed by atoms with van der Waals surface area (Å²) in [6.45, 7) is 8.01. The van der Waals surface area contributed by atoms with Crippen LogP contribution in [0.2, 0.25) is 0 Å². The van der Waals surface area contributed by atoms with Gasteiger partial charge in [0.25, 0.3) is 0 Å². The number of carbonyl (C=O) groups is 2. The smallest absolute Gasteiger partial charge is 0.338 e. The molecule has 2 atom stereocenters. The van der Waals surface area contributed by atoms with Crippen LogP contribution in [-0.4, -0.2) is 29.7 Å². The first kappa shape index (κ1) is 26.0. The number of benzene rings is 4. The fourth-order valence-corrected chi connectivity index (χ4v) is 6.43. The third kappa shape index (κ3) is 3.96. The Labute approximate surface area is 234 Å². The van der Waals surface area contributed by atoms with Crippen LogP contribution in [-0.2, 0) is 25.2 Å². The van der Waals surface area contributed by atoms with Gasteiger partial charge in [0.05, 0.1) is 22.1 Å². The topological polar surface area (TPSA) is 61.8 Å². The van der Waals surface area contributed by atoms with Crippen molar-refractivity contribution in [1.82, 2.24) is 0 Å². The van der Waals surface area contributed by atoms with Gasteiger partial charge in [0.1, 0.15) is 0 Å². The SMILES string of the molecule is CC(C)(C)O[C@]12c3ccccc3[C@](C)(c3ccccc31)C(OC(=O)c1ccccc1)C2OC(=O)c1ccccc1. The number of carbonyl (C=O) groups excluding carboxylic acids is 2. The van der Waals surface area contributed by atoms with Gasteiger partial charge in [-0.2, -0.15) is 0 Å². The van der Waals surface area contributed by atoms with Crippen molar-refractivity contribution >= 4 is 11.9 Å².